The highest BCUT2D eigenvalue weighted by molar-refractivity contribution is 7.92. The summed E-state index contributed by atoms with van der Waals surface area (Å²) in [5, 5.41) is 4.27. The molecule has 11 heteroatoms. The van der Waals surface area contributed by atoms with Crippen molar-refractivity contribution in [3.05, 3.63) is 92.9 Å². The Labute approximate surface area is 262 Å². The maximum absolute atomic E-state index is 14.1. The number of nitrogens with zero attached hydrogens (tertiary/aromatic N) is 2. The number of benzene rings is 3. The third-order valence-electron chi connectivity index (χ3n) is 7.48. The third-order valence-corrected chi connectivity index (χ3v) is 10.1. The first kappa shape index (κ1) is 32.1. The molecule has 0 spiro atoms. The number of sulfonamides is 1. The molecule has 4 rings (SSSR count). The van der Waals surface area contributed by atoms with Crippen molar-refractivity contribution in [2.75, 3.05) is 10.8 Å². The molecule has 0 saturated heterocycles. The lowest BCUT2D eigenvalue weighted by atomic mass is 9.95. The molecule has 0 radical (unpaired) electrons. The fourth-order valence-corrected chi connectivity index (χ4v) is 6.97. The first-order chi connectivity index (χ1) is 20.0. The van der Waals surface area contributed by atoms with Crippen LogP contribution in [0.4, 0.5) is 5.69 Å². The number of halogens is 3. The van der Waals surface area contributed by atoms with E-state index < -0.39 is 28.5 Å². The van der Waals surface area contributed by atoms with Crippen LogP contribution in [0.5, 0.6) is 0 Å². The van der Waals surface area contributed by atoms with Crippen molar-refractivity contribution in [2.45, 2.75) is 69.5 Å². The molecule has 7 nitrogen and oxygen atoms in total. The number of nitrogens with one attached hydrogen (secondary N) is 1. The summed E-state index contributed by atoms with van der Waals surface area (Å²) in [6.45, 7) is 2.93. The van der Waals surface area contributed by atoms with Gasteiger partial charge in [-0.2, -0.15) is 0 Å². The lowest BCUT2D eigenvalue weighted by Crippen LogP contribution is -2.53. The van der Waals surface area contributed by atoms with Crippen LogP contribution in [-0.4, -0.2) is 43.8 Å². The lowest BCUT2D eigenvalue weighted by molar-refractivity contribution is -0.139. The molecule has 1 aliphatic rings. The molecular formula is C31H34Cl3N3O4S. The van der Waals surface area contributed by atoms with Crippen LogP contribution in [0.25, 0.3) is 0 Å². The Morgan fingerprint density at radius 1 is 0.905 bits per heavy atom. The molecule has 1 saturated carbocycles. The topological polar surface area (TPSA) is 86.8 Å². The second kappa shape index (κ2) is 14.1. The first-order valence-corrected chi connectivity index (χ1v) is 16.4. The number of amides is 2. The van der Waals surface area contributed by atoms with Gasteiger partial charge in [0.05, 0.1) is 10.6 Å². The highest BCUT2D eigenvalue weighted by atomic mass is 35.5. The van der Waals surface area contributed by atoms with E-state index in [0.29, 0.717) is 20.6 Å². The van der Waals surface area contributed by atoms with Gasteiger partial charge in [-0.15, -0.1) is 0 Å². The minimum Gasteiger partial charge on any atom is -0.352 e. The zero-order chi connectivity index (χ0) is 30.4. The molecule has 224 valence electrons. The van der Waals surface area contributed by atoms with Crippen molar-refractivity contribution in [2.24, 2.45) is 0 Å². The zero-order valence-corrected chi connectivity index (χ0v) is 26.6. The summed E-state index contributed by atoms with van der Waals surface area (Å²) < 4.78 is 28.9. The Kier molecular flexibility index (Phi) is 10.8. The summed E-state index contributed by atoms with van der Waals surface area (Å²) in [5.41, 5.74) is 1.73. The van der Waals surface area contributed by atoms with E-state index in [0.717, 1.165) is 42.0 Å². The van der Waals surface area contributed by atoms with E-state index in [1.165, 1.54) is 17.0 Å². The molecule has 1 fully saturated rings. The van der Waals surface area contributed by atoms with Gasteiger partial charge in [0.2, 0.25) is 11.8 Å². The second-order valence-electron chi connectivity index (χ2n) is 10.6. The van der Waals surface area contributed by atoms with Gasteiger partial charge in [0.15, 0.2) is 0 Å². The summed E-state index contributed by atoms with van der Waals surface area (Å²) in [5.74, 6) is -0.877. The van der Waals surface area contributed by atoms with Gasteiger partial charge in [0.1, 0.15) is 12.6 Å². The van der Waals surface area contributed by atoms with Crippen LogP contribution in [0.2, 0.25) is 15.1 Å². The second-order valence-corrected chi connectivity index (χ2v) is 13.7. The number of carbonyl (C=O) groups excluding carboxylic acids is 2. The van der Waals surface area contributed by atoms with Crippen molar-refractivity contribution in [1.29, 1.82) is 0 Å². The average Bonchev–Trinajstić information content (AvgIpc) is 2.96. The highest BCUT2D eigenvalue weighted by Gasteiger charge is 2.33. The molecule has 1 unspecified atom stereocenters. The summed E-state index contributed by atoms with van der Waals surface area (Å²) >= 11 is 18.6. The summed E-state index contributed by atoms with van der Waals surface area (Å²) in [4.78, 5) is 28.9. The fraction of sp³-hybridized carbons (Fsp3) is 0.355. The maximum atomic E-state index is 14.1. The van der Waals surface area contributed by atoms with Crippen molar-refractivity contribution < 1.29 is 18.0 Å². The Morgan fingerprint density at radius 3 is 2.14 bits per heavy atom. The van der Waals surface area contributed by atoms with E-state index in [9.17, 15) is 18.0 Å². The Balaban J connectivity index is 1.69. The predicted molar refractivity (Wildman–Crippen MR) is 169 cm³/mol. The molecule has 1 atom stereocenters. The van der Waals surface area contributed by atoms with Crippen LogP contribution in [0.1, 0.15) is 50.2 Å². The molecule has 3 aromatic rings. The van der Waals surface area contributed by atoms with E-state index in [2.05, 4.69) is 5.32 Å². The summed E-state index contributed by atoms with van der Waals surface area (Å²) in [7, 11) is -4.17. The molecule has 2 amide bonds. The predicted octanol–water partition coefficient (Wildman–Crippen LogP) is 7.02. The van der Waals surface area contributed by atoms with E-state index in [1.807, 2.05) is 6.92 Å². The SMILES string of the molecule is Cc1ccc(S(=O)(=O)N(CC(=O)N(Cc2ccc(Cl)cc2Cl)C(C)C(=O)NC2CCCCC2)c2ccc(Cl)cc2)cc1. The van der Waals surface area contributed by atoms with Crippen LogP contribution >= 0.6 is 34.8 Å². The van der Waals surface area contributed by atoms with Crippen LogP contribution in [-0.2, 0) is 26.2 Å². The third kappa shape index (κ3) is 7.98. The molecule has 42 heavy (non-hydrogen) atoms. The lowest BCUT2D eigenvalue weighted by Gasteiger charge is -2.33. The number of hydrogen-bond acceptors (Lipinski definition) is 4. The molecule has 0 heterocycles. The summed E-state index contributed by atoms with van der Waals surface area (Å²) in [6, 6.07) is 16.6. The normalized spacial score (nSPS) is 14.7. The number of aryl methyl sites for hydroxylation is 1. The van der Waals surface area contributed by atoms with Crippen molar-refractivity contribution in [3.63, 3.8) is 0 Å². The van der Waals surface area contributed by atoms with Gasteiger partial charge in [-0.1, -0.05) is 77.8 Å². The fourth-order valence-electron chi connectivity index (χ4n) is 4.96. The molecular weight excluding hydrogens is 617 g/mol. The molecule has 0 bridgehead atoms. The van der Waals surface area contributed by atoms with Crippen LogP contribution in [0.3, 0.4) is 0 Å². The Hall–Kier alpha value is -2.78. The van der Waals surface area contributed by atoms with Crippen molar-refractivity contribution in [1.82, 2.24) is 10.2 Å². The van der Waals surface area contributed by atoms with Crippen molar-refractivity contribution in [3.8, 4) is 0 Å². The smallest absolute Gasteiger partial charge is 0.264 e. The first-order valence-electron chi connectivity index (χ1n) is 13.8. The van der Waals surface area contributed by atoms with Crippen molar-refractivity contribution >= 4 is 62.3 Å². The monoisotopic (exact) mass is 649 g/mol. The van der Waals surface area contributed by atoms with E-state index >= 15 is 0 Å². The van der Waals surface area contributed by atoms with Crippen LogP contribution in [0.15, 0.2) is 71.6 Å². The van der Waals surface area contributed by atoms with Crippen LogP contribution in [0, 0.1) is 6.92 Å². The van der Waals surface area contributed by atoms with E-state index in [-0.39, 0.29) is 29.1 Å². The summed E-state index contributed by atoms with van der Waals surface area (Å²) in [6.07, 6.45) is 4.98. The number of rotatable bonds is 10. The van der Waals surface area contributed by atoms with Gasteiger partial charge in [-0.05, 0) is 80.8 Å². The minimum atomic E-state index is -4.17. The zero-order valence-electron chi connectivity index (χ0n) is 23.5. The van der Waals surface area contributed by atoms with Gasteiger partial charge < -0.3 is 10.2 Å². The Morgan fingerprint density at radius 2 is 1.52 bits per heavy atom. The molecule has 3 aromatic carbocycles. The average molecular weight is 651 g/mol. The molecule has 1 N–H and O–H groups in total. The maximum Gasteiger partial charge on any atom is 0.264 e. The molecule has 0 aromatic heterocycles. The van der Waals surface area contributed by atoms with E-state index in [4.69, 9.17) is 34.8 Å². The largest absolute Gasteiger partial charge is 0.352 e. The van der Waals surface area contributed by atoms with Gasteiger partial charge in [0.25, 0.3) is 10.0 Å². The quantitative estimate of drug-likeness (QED) is 0.256. The standard InChI is InChI=1S/C31H34Cl3N3O4S/c1-21-8-16-28(17-9-21)42(40,41)37(27-14-12-24(32)13-15-27)20-30(38)36(19-23-10-11-25(33)18-29(23)34)22(2)31(39)35-26-6-4-3-5-7-26/h8-18,22,26H,3-7,19-20H2,1-2H3,(H,35,39). The number of hydrogen-bond donors (Lipinski definition) is 1. The Bertz CT molecular complexity index is 1510. The van der Waals surface area contributed by atoms with Gasteiger partial charge in [0, 0.05) is 27.7 Å². The number of anilines is 1. The van der Waals surface area contributed by atoms with Gasteiger partial charge in [-0.3, -0.25) is 13.9 Å². The highest BCUT2D eigenvalue weighted by Crippen LogP contribution is 2.28. The minimum absolute atomic E-state index is 0.0207. The molecule has 0 aliphatic heterocycles. The van der Waals surface area contributed by atoms with Gasteiger partial charge in [-0.25, -0.2) is 8.42 Å². The van der Waals surface area contributed by atoms with Gasteiger partial charge >= 0.3 is 0 Å². The van der Waals surface area contributed by atoms with E-state index in [1.54, 1.807) is 61.5 Å². The van der Waals surface area contributed by atoms with Crippen LogP contribution < -0.4 is 9.62 Å². The number of carbonyl (C=O) groups is 2. The molecule has 1 aliphatic carbocycles.